The molecule has 17 heavy (non-hydrogen) atoms. The van der Waals surface area contributed by atoms with Crippen molar-refractivity contribution in [3.05, 3.63) is 29.3 Å². The first-order chi connectivity index (χ1) is 8.16. The summed E-state index contributed by atoms with van der Waals surface area (Å²) < 4.78 is 5.73. The van der Waals surface area contributed by atoms with Gasteiger partial charge in [-0.2, -0.15) is 0 Å². The van der Waals surface area contributed by atoms with Gasteiger partial charge < -0.3 is 15.6 Å². The van der Waals surface area contributed by atoms with Crippen molar-refractivity contribution < 1.29 is 14.6 Å². The van der Waals surface area contributed by atoms with E-state index in [1.165, 1.54) is 12.8 Å². The fraction of sp³-hybridized carbons (Fsp3) is 0.462. The van der Waals surface area contributed by atoms with Crippen molar-refractivity contribution in [1.29, 1.82) is 0 Å². The standard InChI is InChI=1S/C13H17NO3/c14-12-6-5-9(7-11(12)13(15)16)8-17-10-3-1-2-4-10/h5-7,10H,1-4,8,14H2,(H,15,16). The molecule has 1 aliphatic rings. The summed E-state index contributed by atoms with van der Waals surface area (Å²) in [5, 5.41) is 8.95. The van der Waals surface area contributed by atoms with Gasteiger partial charge in [0.15, 0.2) is 0 Å². The molecule has 0 atom stereocenters. The quantitative estimate of drug-likeness (QED) is 0.786. The number of carboxylic acid groups (broad SMARTS) is 1. The molecule has 0 aromatic heterocycles. The molecule has 0 aliphatic heterocycles. The molecule has 0 saturated heterocycles. The molecule has 1 aromatic rings. The van der Waals surface area contributed by atoms with Gasteiger partial charge in [-0.1, -0.05) is 18.9 Å². The lowest BCUT2D eigenvalue weighted by Crippen LogP contribution is -2.08. The normalized spacial score (nSPS) is 16.2. The number of anilines is 1. The Morgan fingerprint density at radius 3 is 2.76 bits per heavy atom. The molecule has 1 fully saturated rings. The highest BCUT2D eigenvalue weighted by Gasteiger charge is 2.15. The van der Waals surface area contributed by atoms with Crippen LogP contribution in [0, 0.1) is 0 Å². The third-order valence-corrected chi connectivity index (χ3v) is 3.14. The first-order valence-corrected chi connectivity index (χ1v) is 5.90. The van der Waals surface area contributed by atoms with Crippen LogP contribution in [0.3, 0.4) is 0 Å². The highest BCUT2D eigenvalue weighted by molar-refractivity contribution is 5.93. The maximum atomic E-state index is 10.9. The van der Waals surface area contributed by atoms with E-state index >= 15 is 0 Å². The number of hydrogen-bond donors (Lipinski definition) is 2. The SMILES string of the molecule is Nc1ccc(COC2CCCC2)cc1C(=O)O. The molecule has 3 N–H and O–H groups in total. The van der Waals surface area contributed by atoms with Crippen molar-refractivity contribution in [2.75, 3.05) is 5.73 Å². The van der Waals surface area contributed by atoms with Crippen LogP contribution in [0.1, 0.15) is 41.6 Å². The Bertz CT molecular complexity index is 411. The summed E-state index contributed by atoms with van der Waals surface area (Å²) >= 11 is 0. The Morgan fingerprint density at radius 1 is 1.41 bits per heavy atom. The summed E-state index contributed by atoms with van der Waals surface area (Å²) in [6, 6.07) is 5.03. The molecule has 0 radical (unpaired) electrons. The minimum absolute atomic E-state index is 0.150. The lowest BCUT2D eigenvalue weighted by atomic mass is 10.1. The molecule has 4 nitrogen and oxygen atoms in total. The van der Waals surface area contributed by atoms with Crippen LogP contribution in [0.25, 0.3) is 0 Å². The topological polar surface area (TPSA) is 72.5 Å². The van der Waals surface area contributed by atoms with Crippen molar-refractivity contribution in [1.82, 2.24) is 0 Å². The molecule has 0 unspecified atom stereocenters. The predicted molar refractivity (Wildman–Crippen MR) is 64.9 cm³/mol. The van der Waals surface area contributed by atoms with Crippen LogP contribution in [0.4, 0.5) is 5.69 Å². The Balaban J connectivity index is 2.00. The first kappa shape index (κ1) is 11.9. The van der Waals surface area contributed by atoms with Crippen molar-refractivity contribution in [2.24, 2.45) is 0 Å². The lowest BCUT2D eigenvalue weighted by Gasteiger charge is -2.11. The molecule has 4 heteroatoms. The lowest BCUT2D eigenvalue weighted by molar-refractivity contribution is 0.0456. The van der Waals surface area contributed by atoms with Gasteiger partial charge in [0.2, 0.25) is 0 Å². The number of carboxylic acids is 1. The van der Waals surface area contributed by atoms with Gasteiger partial charge in [0, 0.05) is 5.69 Å². The highest BCUT2D eigenvalue weighted by atomic mass is 16.5. The van der Waals surface area contributed by atoms with E-state index in [1.54, 1.807) is 12.1 Å². The molecular formula is C13H17NO3. The molecule has 92 valence electrons. The third-order valence-electron chi connectivity index (χ3n) is 3.14. The second-order valence-corrected chi connectivity index (χ2v) is 4.44. The largest absolute Gasteiger partial charge is 0.478 e. The summed E-state index contributed by atoms with van der Waals surface area (Å²) in [6.07, 6.45) is 5.02. The number of rotatable bonds is 4. The smallest absolute Gasteiger partial charge is 0.337 e. The number of nitrogen functional groups attached to an aromatic ring is 1. The molecule has 0 spiro atoms. The Morgan fingerprint density at radius 2 is 2.12 bits per heavy atom. The van der Waals surface area contributed by atoms with Crippen LogP contribution < -0.4 is 5.73 Å². The number of carbonyl (C=O) groups is 1. The van der Waals surface area contributed by atoms with Crippen molar-refractivity contribution in [2.45, 2.75) is 38.4 Å². The van der Waals surface area contributed by atoms with E-state index in [-0.39, 0.29) is 5.56 Å². The number of benzene rings is 1. The van der Waals surface area contributed by atoms with Crippen LogP contribution in [0.5, 0.6) is 0 Å². The fourth-order valence-corrected chi connectivity index (χ4v) is 2.15. The predicted octanol–water partition coefficient (Wildman–Crippen LogP) is 2.43. The minimum Gasteiger partial charge on any atom is -0.478 e. The van der Waals surface area contributed by atoms with E-state index < -0.39 is 5.97 Å². The summed E-state index contributed by atoms with van der Waals surface area (Å²) in [5.74, 6) is -0.995. The zero-order valence-electron chi connectivity index (χ0n) is 9.69. The molecule has 0 heterocycles. The van der Waals surface area contributed by atoms with Gasteiger partial charge in [-0.05, 0) is 30.5 Å². The summed E-state index contributed by atoms with van der Waals surface area (Å²) in [4.78, 5) is 10.9. The number of nitrogens with two attached hydrogens (primary N) is 1. The first-order valence-electron chi connectivity index (χ1n) is 5.90. The van der Waals surface area contributed by atoms with E-state index in [0.717, 1.165) is 18.4 Å². The van der Waals surface area contributed by atoms with Crippen molar-refractivity contribution >= 4 is 11.7 Å². The van der Waals surface area contributed by atoms with Gasteiger partial charge in [0.25, 0.3) is 0 Å². The van der Waals surface area contributed by atoms with E-state index in [0.29, 0.717) is 18.4 Å². The molecule has 1 aliphatic carbocycles. The van der Waals surface area contributed by atoms with Crippen molar-refractivity contribution in [3.63, 3.8) is 0 Å². The second-order valence-electron chi connectivity index (χ2n) is 4.44. The van der Waals surface area contributed by atoms with Crippen LogP contribution in [0.2, 0.25) is 0 Å². The number of hydrogen-bond acceptors (Lipinski definition) is 3. The monoisotopic (exact) mass is 235 g/mol. The highest BCUT2D eigenvalue weighted by Crippen LogP contribution is 2.23. The second kappa shape index (κ2) is 5.19. The van der Waals surface area contributed by atoms with Crippen LogP contribution >= 0.6 is 0 Å². The van der Waals surface area contributed by atoms with E-state index in [2.05, 4.69) is 0 Å². The Labute approximate surface area is 100 Å². The molecule has 1 aromatic carbocycles. The van der Waals surface area contributed by atoms with Gasteiger partial charge in [-0.25, -0.2) is 4.79 Å². The Kier molecular flexibility index (Phi) is 3.64. The van der Waals surface area contributed by atoms with Crippen LogP contribution in [0.15, 0.2) is 18.2 Å². The van der Waals surface area contributed by atoms with Gasteiger partial charge in [0.05, 0.1) is 18.3 Å². The number of ether oxygens (including phenoxy) is 1. The molecular weight excluding hydrogens is 218 g/mol. The average Bonchev–Trinajstić information content (AvgIpc) is 2.80. The molecule has 0 amide bonds. The Hall–Kier alpha value is -1.55. The van der Waals surface area contributed by atoms with Crippen molar-refractivity contribution in [3.8, 4) is 0 Å². The summed E-state index contributed by atoms with van der Waals surface area (Å²) in [5.41, 5.74) is 6.90. The summed E-state index contributed by atoms with van der Waals surface area (Å²) in [7, 11) is 0. The van der Waals surface area contributed by atoms with Gasteiger partial charge in [-0.15, -0.1) is 0 Å². The van der Waals surface area contributed by atoms with Crippen LogP contribution in [-0.4, -0.2) is 17.2 Å². The van der Waals surface area contributed by atoms with Crippen LogP contribution in [-0.2, 0) is 11.3 Å². The minimum atomic E-state index is -0.995. The maximum absolute atomic E-state index is 10.9. The van der Waals surface area contributed by atoms with E-state index in [9.17, 15) is 4.79 Å². The average molecular weight is 235 g/mol. The van der Waals surface area contributed by atoms with Gasteiger partial charge >= 0.3 is 5.97 Å². The third kappa shape index (κ3) is 2.97. The molecule has 1 saturated carbocycles. The van der Waals surface area contributed by atoms with Gasteiger partial charge in [-0.3, -0.25) is 0 Å². The van der Waals surface area contributed by atoms with Gasteiger partial charge in [0.1, 0.15) is 0 Å². The summed E-state index contributed by atoms with van der Waals surface area (Å²) in [6.45, 7) is 0.464. The maximum Gasteiger partial charge on any atom is 0.337 e. The zero-order valence-corrected chi connectivity index (χ0v) is 9.69. The van der Waals surface area contributed by atoms with E-state index in [4.69, 9.17) is 15.6 Å². The zero-order chi connectivity index (χ0) is 12.3. The molecule has 2 rings (SSSR count). The van der Waals surface area contributed by atoms with E-state index in [1.807, 2.05) is 6.07 Å². The molecule has 0 bridgehead atoms. The fourth-order valence-electron chi connectivity index (χ4n) is 2.15. The number of aromatic carboxylic acids is 1.